The molecule has 0 atom stereocenters. The maximum atomic E-state index is 12.2. The zero-order chi connectivity index (χ0) is 29.1. The van der Waals surface area contributed by atoms with E-state index in [-0.39, 0.29) is 5.97 Å². The van der Waals surface area contributed by atoms with Gasteiger partial charge in [-0.3, -0.25) is 0 Å². The number of carbonyl (C=O) groups is 1. The fourth-order valence-corrected chi connectivity index (χ4v) is 5.84. The van der Waals surface area contributed by atoms with Gasteiger partial charge in [0.15, 0.2) is 0 Å². The molecule has 0 bridgehead atoms. The summed E-state index contributed by atoms with van der Waals surface area (Å²) in [5.41, 5.74) is 1.24. The van der Waals surface area contributed by atoms with Crippen molar-refractivity contribution in [3.63, 3.8) is 0 Å². The average Bonchev–Trinajstić information content (AvgIpc) is 3.00. The fourth-order valence-electron chi connectivity index (χ4n) is 5.84. The minimum absolute atomic E-state index is 0.310. The van der Waals surface area contributed by atoms with E-state index in [0.29, 0.717) is 12.3 Å². The third-order valence-corrected chi connectivity index (χ3v) is 8.54. The number of hydrogen-bond acceptors (Lipinski definition) is 3. The summed E-state index contributed by atoms with van der Waals surface area (Å²) >= 11 is 0. The maximum absolute atomic E-state index is 12.2. The van der Waals surface area contributed by atoms with E-state index in [1.165, 1.54) is 154 Å². The van der Waals surface area contributed by atoms with Crippen LogP contribution >= 0.6 is 0 Å². The van der Waals surface area contributed by atoms with Gasteiger partial charge in [-0.2, -0.15) is 0 Å². The average molecular weight is 566 g/mol. The number of para-hydroxylation sites is 1. The second-order valence-corrected chi connectivity index (χ2v) is 12.4. The molecule has 0 amide bonds. The first-order valence-electron chi connectivity index (χ1n) is 17.8. The first kappa shape index (κ1) is 35.3. The van der Waals surface area contributed by atoms with Gasteiger partial charge in [0.05, 0.1) is 12.1 Å². The fraction of sp³-hybridized carbons (Fsp3) is 0.737. The Kier molecular flexibility index (Phi) is 22.2. The van der Waals surface area contributed by atoms with Gasteiger partial charge in [0, 0.05) is 5.39 Å². The second-order valence-electron chi connectivity index (χ2n) is 12.4. The summed E-state index contributed by atoms with van der Waals surface area (Å²) in [5.74, 6) is -0.310. The number of aromatic nitrogens is 1. The Hall–Kier alpha value is -1.90. The number of nitrogens with zero attached hydrogens (tertiary/aromatic N) is 1. The lowest BCUT2D eigenvalue weighted by Crippen LogP contribution is -2.08. The van der Waals surface area contributed by atoms with Gasteiger partial charge in [-0.05, 0) is 18.6 Å². The van der Waals surface area contributed by atoms with E-state index in [9.17, 15) is 4.79 Å². The molecular formula is C38H63NO2. The van der Waals surface area contributed by atoms with E-state index >= 15 is 0 Å². The summed E-state index contributed by atoms with van der Waals surface area (Å²) in [4.78, 5) is 16.7. The Morgan fingerprint density at radius 1 is 0.512 bits per heavy atom. The van der Waals surface area contributed by atoms with Gasteiger partial charge in [0.25, 0.3) is 0 Å². The number of pyridine rings is 1. The molecule has 0 aliphatic rings. The number of fused-ring (bicyclic) bond motifs is 1. The van der Waals surface area contributed by atoms with E-state index < -0.39 is 0 Å². The van der Waals surface area contributed by atoms with E-state index in [1.807, 2.05) is 30.3 Å². The number of carbonyl (C=O) groups excluding carboxylic acids is 1. The summed E-state index contributed by atoms with van der Waals surface area (Å²) in [7, 11) is 0. The second kappa shape index (κ2) is 25.8. The van der Waals surface area contributed by atoms with Crippen molar-refractivity contribution in [2.75, 3.05) is 6.61 Å². The summed E-state index contributed by atoms with van der Waals surface area (Å²) < 4.78 is 5.43. The lowest BCUT2D eigenvalue weighted by Gasteiger charge is -2.06. The summed E-state index contributed by atoms with van der Waals surface area (Å²) in [6.45, 7) is 2.79. The molecule has 0 aliphatic heterocycles. The molecule has 0 unspecified atom stereocenters. The quantitative estimate of drug-likeness (QED) is 0.0760. The summed E-state index contributed by atoms with van der Waals surface area (Å²) in [6, 6.07) is 11.5. The molecule has 41 heavy (non-hydrogen) atoms. The molecule has 232 valence electrons. The smallest absolute Gasteiger partial charge is 0.356 e. The van der Waals surface area contributed by atoms with E-state index in [4.69, 9.17) is 4.74 Å². The van der Waals surface area contributed by atoms with Crippen LogP contribution in [0.3, 0.4) is 0 Å². The van der Waals surface area contributed by atoms with Crippen LogP contribution in [0.4, 0.5) is 0 Å². The Morgan fingerprint density at radius 3 is 1.34 bits per heavy atom. The standard InChI is InChI=1S/C38H63NO2/c1-2-3-4-5-6-7-8-9-10-11-12-13-14-15-16-17-18-19-20-21-22-23-24-25-26-29-34-41-38(40)37-33-32-35-30-27-28-31-36(35)39-37/h27-28,30-33H,2-26,29,34H2,1H3. The molecule has 0 N–H and O–H groups in total. The van der Waals surface area contributed by atoms with Crippen LogP contribution in [-0.4, -0.2) is 17.6 Å². The van der Waals surface area contributed by atoms with Crippen LogP contribution in [0, 0.1) is 0 Å². The molecule has 0 fully saturated rings. The molecule has 2 rings (SSSR count). The topological polar surface area (TPSA) is 39.2 Å². The lowest BCUT2D eigenvalue weighted by atomic mass is 10.0. The van der Waals surface area contributed by atoms with Crippen LogP contribution < -0.4 is 0 Å². The van der Waals surface area contributed by atoms with Crippen molar-refractivity contribution in [3.8, 4) is 0 Å². The molecule has 0 saturated heterocycles. The molecule has 0 saturated carbocycles. The van der Waals surface area contributed by atoms with E-state index in [2.05, 4.69) is 11.9 Å². The summed E-state index contributed by atoms with van der Waals surface area (Å²) in [5, 5.41) is 1.04. The number of unbranched alkanes of at least 4 members (excludes halogenated alkanes) is 25. The highest BCUT2D eigenvalue weighted by molar-refractivity contribution is 5.90. The Balaban J connectivity index is 1.23. The Morgan fingerprint density at radius 2 is 0.902 bits per heavy atom. The molecule has 1 aromatic heterocycles. The van der Waals surface area contributed by atoms with Crippen LogP contribution in [0.25, 0.3) is 10.9 Å². The highest BCUT2D eigenvalue weighted by Crippen LogP contribution is 2.16. The van der Waals surface area contributed by atoms with Gasteiger partial charge >= 0.3 is 5.97 Å². The van der Waals surface area contributed by atoms with E-state index in [1.54, 1.807) is 6.07 Å². The molecule has 0 radical (unpaired) electrons. The molecule has 3 heteroatoms. The Bertz CT molecular complexity index is 879. The first-order valence-corrected chi connectivity index (χ1v) is 17.8. The van der Waals surface area contributed by atoms with Gasteiger partial charge in [-0.25, -0.2) is 9.78 Å². The normalized spacial score (nSPS) is 11.3. The van der Waals surface area contributed by atoms with Gasteiger partial charge in [-0.15, -0.1) is 0 Å². The first-order chi connectivity index (χ1) is 20.3. The third-order valence-electron chi connectivity index (χ3n) is 8.54. The van der Waals surface area contributed by atoms with Crippen LogP contribution in [0.15, 0.2) is 36.4 Å². The van der Waals surface area contributed by atoms with Gasteiger partial charge in [-0.1, -0.05) is 192 Å². The molecule has 1 heterocycles. The van der Waals surface area contributed by atoms with Crippen LogP contribution in [-0.2, 0) is 4.74 Å². The molecule has 1 aromatic carbocycles. The van der Waals surface area contributed by atoms with Crippen LogP contribution in [0.1, 0.15) is 184 Å². The highest BCUT2D eigenvalue weighted by Gasteiger charge is 2.09. The summed E-state index contributed by atoms with van der Waals surface area (Å²) in [6.07, 6.45) is 36.3. The van der Waals surface area contributed by atoms with Gasteiger partial charge in [0.2, 0.25) is 0 Å². The van der Waals surface area contributed by atoms with Crippen LogP contribution in [0.5, 0.6) is 0 Å². The van der Waals surface area contributed by atoms with Crippen molar-refractivity contribution < 1.29 is 9.53 Å². The van der Waals surface area contributed by atoms with E-state index in [0.717, 1.165) is 23.7 Å². The molecule has 0 aliphatic carbocycles. The monoisotopic (exact) mass is 565 g/mol. The van der Waals surface area contributed by atoms with Crippen molar-refractivity contribution >= 4 is 16.9 Å². The number of esters is 1. The highest BCUT2D eigenvalue weighted by atomic mass is 16.5. The van der Waals surface area contributed by atoms with Gasteiger partial charge < -0.3 is 4.74 Å². The van der Waals surface area contributed by atoms with Gasteiger partial charge in [0.1, 0.15) is 5.69 Å². The van der Waals surface area contributed by atoms with Crippen molar-refractivity contribution in [2.45, 2.75) is 174 Å². The number of ether oxygens (including phenoxy) is 1. The lowest BCUT2D eigenvalue weighted by molar-refractivity contribution is 0.0491. The zero-order valence-corrected chi connectivity index (χ0v) is 26.8. The minimum atomic E-state index is -0.310. The zero-order valence-electron chi connectivity index (χ0n) is 26.8. The van der Waals surface area contributed by atoms with Crippen LogP contribution in [0.2, 0.25) is 0 Å². The Labute approximate surface area is 253 Å². The van der Waals surface area contributed by atoms with Crippen molar-refractivity contribution in [2.24, 2.45) is 0 Å². The van der Waals surface area contributed by atoms with Crippen molar-refractivity contribution in [1.29, 1.82) is 0 Å². The molecule has 3 nitrogen and oxygen atoms in total. The molecular weight excluding hydrogens is 502 g/mol. The third kappa shape index (κ3) is 19.0. The predicted octanol–water partition coefficient (Wildman–Crippen LogP) is 12.6. The SMILES string of the molecule is CCCCCCCCCCCCCCCCCCCCCCCCCCCCOC(=O)c1ccc2ccccc2n1. The minimum Gasteiger partial charge on any atom is -0.461 e. The predicted molar refractivity (Wildman–Crippen MR) is 178 cm³/mol. The number of hydrogen-bond donors (Lipinski definition) is 0. The number of benzene rings is 1. The molecule has 2 aromatic rings. The number of rotatable bonds is 28. The molecule has 0 spiro atoms. The van der Waals surface area contributed by atoms with Crippen molar-refractivity contribution in [1.82, 2.24) is 4.98 Å². The largest absolute Gasteiger partial charge is 0.461 e. The maximum Gasteiger partial charge on any atom is 0.356 e. The van der Waals surface area contributed by atoms with Crippen molar-refractivity contribution in [3.05, 3.63) is 42.1 Å².